The van der Waals surface area contributed by atoms with Gasteiger partial charge < -0.3 is 15.7 Å². The van der Waals surface area contributed by atoms with Gasteiger partial charge in [0.2, 0.25) is 5.91 Å². The zero-order chi connectivity index (χ0) is 23.8. The van der Waals surface area contributed by atoms with Gasteiger partial charge in [0.15, 0.2) is 0 Å². The molecule has 0 bridgehead atoms. The summed E-state index contributed by atoms with van der Waals surface area (Å²) in [5.41, 5.74) is -0.0282. The van der Waals surface area contributed by atoms with E-state index in [1.165, 1.54) is 18.2 Å². The van der Waals surface area contributed by atoms with Crippen LogP contribution in [0.25, 0.3) is 0 Å². The topological polar surface area (TPSA) is 78.4 Å². The number of carbonyl (C=O) groups is 2. The van der Waals surface area contributed by atoms with E-state index >= 15 is 0 Å². The standard InChI is InChI=1S/C26H39FN2O3/c1-15(23(31)29-25(3,4)5)19-10-12-26(6)13-11-20(16(2)21(26)22(19)30)28-24(32)17-8-7-9-18(27)14-17/h7-9,14-16,19-22,30H,10-13H2,1-6H3,(H,28,32)(H,29,31)/t15-,16-,19+,20-,21+,22-,26+/m0/s1. The number of rotatable bonds is 4. The Morgan fingerprint density at radius 2 is 1.88 bits per heavy atom. The molecule has 0 saturated heterocycles. The molecule has 2 amide bonds. The smallest absolute Gasteiger partial charge is 0.251 e. The summed E-state index contributed by atoms with van der Waals surface area (Å²) in [6.45, 7) is 12.1. The second-order valence-electron chi connectivity index (χ2n) is 11.4. The first kappa shape index (κ1) is 24.7. The Bertz CT molecular complexity index is 852. The number of halogens is 1. The molecule has 0 aliphatic heterocycles. The number of carbonyl (C=O) groups excluding carboxylic acids is 2. The van der Waals surface area contributed by atoms with Crippen molar-refractivity contribution in [3.8, 4) is 0 Å². The van der Waals surface area contributed by atoms with Crippen LogP contribution in [0.3, 0.4) is 0 Å². The Balaban J connectivity index is 1.75. The Morgan fingerprint density at radius 1 is 1.22 bits per heavy atom. The molecule has 1 aromatic carbocycles. The molecule has 3 N–H and O–H groups in total. The monoisotopic (exact) mass is 446 g/mol. The average Bonchev–Trinajstić information content (AvgIpc) is 2.68. The lowest BCUT2D eigenvalue weighted by molar-refractivity contribution is -0.143. The summed E-state index contributed by atoms with van der Waals surface area (Å²) in [4.78, 5) is 25.5. The minimum Gasteiger partial charge on any atom is -0.392 e. The zero-order valence-corrected chi connectivity index (χ0v) is 20.2. The van der Waals surface area contributed by atoms with E-state index in [4.69, 9.17) is 0 Å². The van der Waals surface area contributed by atoms with E-state index < -0.39 is 11.9 Å². The third-order valence-corrected chi connectivity index (χ3v) is 7.85. The highest BCUT2D eigenvalue weighted by Crippen LogP contribution is 2.55. The van der Waals surface area contributed by atoms with Crippen LogP contribution in [0.2, 0.25) is 0 Å². The van der Waals surface area contributed by atoms with Crippen LogP contribution in [-0.2, 0) is 4.79 Å². The van der Waals surface area contributed by atoms with E-state index in [1.807, 2.05) is 27.7 Å². The summed E-state index contributed by atoms with van der Waals surface area (Å²) in [6, 6.07) is 5.60. The van der Waals surface area contributed by atoms with Crippen LogP contribution >= 0.6 is 0 Å². The van der Waals surface area contributed by atoms with Crippen molar-refractivity contribution in [3.63, 3.8) is 0 Å². The molecule has 2 fully saturated rings. The van der Waals surface area contributed by atoms with Crippen molar-refractivity contribution >= 4 is 11.8 Å². The van der Waals surface area contributed by atoms with Gasteiger partial charge in [-0.05, 0) is 87.8 Å². The number of benzene rings is 1. The lowest BCUT2D eigenvalue weighted by atomic mass is 9.51. The quantitative estimate of drug-likeness (QED) is 0.645. The normalized spacial score (nSPS) is 33.7. The summed E-state index contributed by atoms with van der Waals surface area (Å²) < 4.78 is 13.5. The SMILES string of the molecule is C[C@@H]1[C@@H]2[C@@H](O)[C@@H]([C@H](C)C(=O)NC(C)(C)C)CC[C@]2(C)CC[C@@H]1NC(=O)c1cccc(F)c1. The van der Waals surface area contributed by atoms with Gasteiger partial charge >= 0.3 is 0 Å². The lowest BCUT2D eigenvalue weighted by Gasteiger charge is -2.56. The van der Waals surface area contributed by atoms with Crippen molar-refractivity contribution in [1.82, 2.24) is 10.6 Å². The Kier molecular flexibility index (Phi) is 7.04. The molecule has 2 aliphatic carbocycles. The van der Waals surface area contributed by atoms with Crippen molar-refractivity contribution in [2.75, 3.05) is 0 Å². The Labute approximate surface area is 191 Å². The summed E-state index contributed by atoms with van der Waals surface area (Å²) in [5.74, 6) is -1.12. The Hall–Kier alpha value is -1.95. The first-order valence-electron chi connectivity index (χ1n) is 11.9. The van der Waals surface area contributed by atoms with E-state index in [2.05, 4.69) is 24.5 Å². The van der Waals surface area contributed by atoms with E-state index in [9.17, 15) is 19.1 Å². The fraction of sp³-hybridized carbons (Fsp3) is 0.692. The molecule has 0 spiro atoms. The summed E-state index contributed by atoms with van der Waals surface area (Å²) >= 11 is 0. The maximum atomic E-state index is 13.5. The number of amides is 2. The summed E-state index contributed by atoms with van der Waals surface area (Å²) in [6.07, 6.45) is 2.90. The van der Waals surface area contributed by atoms with Crippen LogP contribution in [0.15, 0.2) is 24.3 Å². The molecule has 0 aromatic heterocycles. The van der Waals surface area contributed by atoms with Gasteiger partial charge in [0, 0.05) is 23.1 Å². The van der Waals surface area contributed by atoms with Crippen molar-refractivity contribution in [2.24, 2.45) is 29.1 Å². The molecule has 2 aliphatic rings. The van der Waals surface area contributed by atoms with Gasteiger partial charge in [0.25, 0.3) is 5.91 Å². The van der Waals surface area contributed by atoms with Gasteiger partial charge in [-0.2, -0.15) is 0 Å². The third-order valence-electron chi connectivity index (χ3n) is 7.85. The summed E-state index contributed by atoms with van der Waals surface area (Å²) in [7, 11) is 0. The second kappa shape index (κ2) is 9.12. The van der Waals surface area contributed by atoms with E-state index in [0.29, 0.717) is 5.56 Å². The van der Waals surface area contributed by atoms with E-state index in [1.54, 1.807) is 6.07 Å². The average molecular weight is 447 g/mol. The largest absolute Gasteiger partial charge is 0.392 e. The fourth-order valence-electron chi connectivity index (χ4n) is 6.06. The molecular weight excluding hydrogens is 407 g/mol. The molecule has 0 radical (unpaired) electrons. The third kappa shape index (κ3) is 5.16. The van der Waals surface area contributed by atoms with Crippen molar-refractivity contribution in [1.29, 1.82) is 0 Å². The van der Waals surface area contributed by atoms with Gasteiger partial charge in [0.05, 0.1) is 6.10 Å². The fourth-order valence-corrected chi connectivity index (χ4v) is 6.06. The lowest BCUT2D eigenvalue weighted by Crippen LogP contribution is -2.59. The predicted molar refractivity (Wildman–Crippen MR) is 123 cm³/mol. The number of hydrogen-bond acceptors (Lipinski definition) is 3. The van der Waals surface area contributed by atoms with Gasteiger partial charge in [-0.1, -0.05) is 26.8 Å². The molecule has 5 nitrogen and oxygen atoms in total. The minimum atomic E-state index is -0.613. The molecule has 6 heteroatoms. The van der Waals surface area contributed by atoms with Crippen LogP contribution in [0.4, 0.5) is 4.39 Å². The minimum absolute atomic E-state index is 0.0160. The molecule has 7 atom stereocenters. The number of aliphatic hydroxyl groups excluding tert-OH is 1. The highest BCUT2D eigenvalue weighted by atomic mass is 19.1. The number of hydrogen-bond donors (Lipinski definition) is 3. The van der Waals surface area contributed by atoms with Crippen LogP contribution in [0.1, 0.15) is 77.6 Å². The maximum absolute atomic E-state index is 13.5. The van der Waals surface area contributed by atoms with Crippen LogP contribution in [-0.4, -0.2) is 34.6 Å². The maximum Gasteiger partial charge on any atom is 0.251 e. The number of nitrogens with one attached hydrogen (secondary N) is 2. The number of aliphatic hydroxyl groups is 1. The van der Waals surface area contributed by atoms with E-state index in [0.717, 1.165) is 25.7 Å². The van der Waals surface area contributed by atoms with Gasteiger partial charge in [-0.15, -0.1) is 0 Å². The molecule has 3 rings (SSSR count). The van der Waals surface area contributed by atoms with E-state index in [-0.39, 0.29) is 52.5 Å². The van der Waals surface area contributed by atoms with Crippen molar-refractivity contribution in [3.05, 3.63) is 35.6 Å². The van der Waals surface area contributed by atoms with Gasteiger partial charge in [0.1, 0.15) is 5.82 Å². The van der Waals surface area contributed by atoms with Crippen LogP contribution in [0.5, 0.6) is 0 Å². The Morgan fingerprint density at radius 3 is 2.50 bits per heavy atom. The predicted octanol–water partition coefficient (Wildman–Crippen LogP) is 4.30. The number of fused-ring (bicyclic) bond motifs is 1. The van der Waals surface area contributed by atoms with Crippen molar-refractivity contribution in [2.45, 2.75) is 84.9 Å². The van der Waals surface area contributed by atoms with Crippen molar-refractivity contribution < 1.29 is 19.1 Å². The molecule has 32 heavy (non-hydrogen) atoms. The highest BCUT2D eigenvalue weighted by Gasteiger charge is 2.54. The highest BCUT2D eigenvalue weighted by molar-refractivity contribution is 5.94. The van der Waals surface area contributed by atoms with Crippen LogP contribution < -0.4 is 10.6 Å². The molecule has 0 heterocycles. The molecular formula is C26H39FN2O3. The molecule has 2 saturated carbocycles. The first-order chi connectivity index (χ1) is 14.8. The van der Waals surface area contributed by atoms with Gasteiger partial charge in [-0.3, -0.25) is 9.59 Å². The molecule has 178 valence electrons. The summed E-state index contributed by atoms with van der Waals surface area (Å²) in [5, 5.41) is 17.6. The molecule has 1 aromatic rings. The van der Waals surface area contributed by atoms with Crippen LogP contribution in [0, 0.1) is 34.9 Å². The van der Waals surface area contributed by atoms with Gasteiger partial charge in [-0.25, -0.2) is 4.39 Å². The second-order valence-corrected chi connectivity index (χ2v) is 11.4. The first-order valence-corrected chi connectivity index (χ1v) is 11.9. The molecule has 0 unspecified atom stereocenters. The zero-order valence-electron chi connectivity index (χ0n) is 20.2.